The number of unbranched alkanes of at least 4 members (excludes halogenated alkanes) is 1. The van der Waals surface area contributed by atoms with Gasteiger partial charge in [0, 0.05) is 17.6 Å². The Morgan fingerprint density at radius 1 is 1.42 bits per heavy atom. The van der Waals surface area contributed by atoms with E-state index in [0.717, 1.165) is 35.8 Å². The maximum atomic E-state index is 13.5. The van der Waals surface area contributed by atoms with E-state index < -0.39 is 0 Å². The van der Waals surface area contributed by atoms with Crippen LogP contribution in [0.1, 0.15) is 31.7 Å². The van der Waals surface area contributed by atoms with Crippen molar-refractivity contribution >= 4 is 21.9 Å². The molecule has 0 aliphatic heterocycles. The lowest BCUT2D eigenvalue weighted by Gasteiger charge is -2.05. The van der Waals surface area contributed by atoms with Crippen molar-refractivity contribution in [1.82, 2.24) is 5.32 Å². The van der Waals surface area contributed by atoms with Crippen molar-refractivity contribution in [3.63, 3.8) is 0 Å². The summed E-state index contributed by atoms with van der Waals surface area (Å²) >= 11 is 3.24. The van der Waals surface area contributed by atoms with Crippen LogP contribution in [0.3, 0.4) is 0 Å². The fourth-order valence-electron chi connectivity index (χ4n) is 1.64. The highest BCUT2D eigenvalue weighted by Crippen LogP contribution is 2.16. The molecule has 106 valence electrons. The molecule has 0 heterocycles. The van der Waals surface area contributed by atoms with E-state index in [1.165, 1.54) is 6.07 Å². The van der Waals surface area contributed by atoms with Crippen molar-refractivity contribution < 1.29 is 4.39 Å². The van der Waals surface area contributed by atoms with Gasteiger partial charge in [0.25, 0.3) is 0 Å². The van der Waals surface area contributed by atoms with Crippen LogP contribution in [-0.4, -0.2) is 19.0 Å². The number of nitrogens with two attached hydrogens (primary N) is 1. The third kappa shape index (κ3) is 6.57. The zero-order chi connectivity index (χ0) is 14.1. The Bertz CT molecular complexity index is 421. The molecule has 0 radical (unpaired) electrons. The Labute approximate surface area is 122 Å². The molecule has 0 aliphatic carbocycles. The summed E-state index contributed by atoms with van der Waals surface area (Å²) in [6, 6.07) is 5.13. The van der Waals surface area contributed by atoms with E-state index in [1.807, 2.05) is 6.07 Å². The van der Waals surface area contributed by atoms with Crippen molar-refractivity contribution in [3.05, 3.63) is 34.1 Å². The monoisotopic (exact) mass is 329 g/mol. The van der Waals surface area contributed by atoms with Crippen LogP contribution in [0.15, 0.2) is 27.7 Å². The van der Waals surface area contributed by atoms with Gasteiger partial charge in [-0.3, -0.25) is 4.99 Å². The van der Waals surface area contributed by atoms with Crippen LogP contribution < -0.4 is 11.1 Å². The van der Waals surface area contributed by atoms with Crippen molar-refractivity contribution in [3.8, 4) is 0 Å². The molecule has 19 heavy (non-hydrogen) atoms. The Hall–Kier alpha value is -1.10. The van der Waals surface area contributed by atoms with E-state index in [1.54, 1.807) is 6.07 Å². The number of guanidine groups is 1. The van der Waals surface area contributed by atoms with Crippen molar-refractivity contribution in [2.45, 2.75) is 32.6 Å². The Balaban J connectivity index is 2.28. The molecule has 0 amide bonds. The standard InChI is InChI=1S/C14H21BrFN3/c1-2-3-8-18-14(17)19-9-4-5-11-6-7-12(15)10-13(11)16/h6-7,10H,2-5,8-9H2,1H3,(H3,17,18,19). The van der Waals surface area contributed by atoms with E-state index in [2.05, 4.69) is 33.2 Å². The molecule has 0 unspecified atom stereocenters. The predicted molar refractivity (Wildman–Crippen MR) is 81.8 cm³/mol. The molecule has 0 atom stereocenters. The lowest BCUT2D eigenvalue weighted by molar-refractivity contribution is 0.604. The first-order chi connectivity index (χ1) is 9.13. The van der Waals surface area contributed by atoms with Crippen LogP contribution >= 0.6 is 15.9 Å². The fraction of sp³-hybridized carbons (Fsp3) is 0.500. The smallest absolute Gasteiger partial charge is 0.188 e. The van der Waals surface area contributed by atoms with E-state index in [-0.39, 0.29) is 5.82 Å². The first kappa shape index (κ1) is 16.0. The Morgan fingerprint density at radius 3 is 2.89 bits per heavy atom. The summed E-state index contributed by atoms with van der Waals surface area (Å²) in [5, 5.41) is 3.05. The molecule has 1 rings (SSSR count). The quantitative estimate of drug-likeness (QED) is 0.458. The number of rotatable bonds is 7. The van der Waals surface area contributed by atoms with Crippen LogP contribution in [0.2, 0.25) is 0 Å². The summed E-state index contributed by atoms with van der Waals surface area (Å²) in [5.74, 6) is 0.303. The molecule has 0 saturated carbocycles. The average molecular weight is 330 g/mol. The molecule has 0 saturated heterocycles. The fourth-order valence-corrected chi connectivity index (χ4v) is 1.98. The number of nitrogens with zero attached hydrogens (tertiary/aromatic N) is 1. The molecule has 0 aromatic heterocycles. The van der Waals surface area contributed by atoms with Gasteiger partial charge in [-0.25, -0.2) is 4.39 Å². The molecule has 0 aliphatic rings. The minimum Gasteiger partial charge on any atom is -0.370 e. The molecule has 0 spiro atoms. The molecule has 3 nitrogen and oxygen atoms in total. The molecule has 1 aromatic carbocycles. The van der Waals surface area contributed by atoms with E-state index in [0.29, 0.717) is 18.9 Å². The van der Waals surface area contributed by atoms with Gasteiger partial charge in [-0.2, -0.15) is 0 Å². The molecule has 3 N–H and O–H groups in total. The highest BCUT2D eigenvalue weighted by molar-refractivity contribution is 9.10. The maximum Gasteiger partial charge on any atom is 0.188 e. The van der Waals surface area contributed by atoms with Gasteiger partial charge in [0.2, 0.25) is 0 Å². The van der Waals surface area contributed by atoms with Gasteiger partial charge < -0.3 is 11.1 Å². The summed E-state index contributed by atoms with van der Waals surface area (Å²) in [7, 11) is 0. The largest absolute Gasteiger partial charge is 0.370 e. The van der Waals surface area contributed by atoms with Crippen LogP contribution in [0.5, 0.6) is 0 Å². The topological polar surface area (TPSA) is 50.4 Å². The summed E-state index contributed by atoms with van der Waals surface area (Å²) in [6.07, 6.45) is 3.67. The lowest BCUT2D eigenvalue weighted by atomic mass is 10.1. The third-order valence-corrected chi connectivity index (χ3v) is 3.23. The minimum absolute atomic E-state index is 0.174. The first-order valence-electron chi connectivity index (χ1n) is 6.61. The van der Waals surface area contributed by atoms with Gasteiger partial charge in [0.05, 0.1) is 0 Å². The van der Waals surface area contributed by atoms with E-state index >= 15 is 0 Å². The minimum atomic E-state index is -0.174. The molecular formula is C14H21BrFN3. The van der Waals surface area contributed by atoms with Crippen molar-refractivity contribution in [2.75, 3.05) is 13.1 Å². The van der Waals surface area contributed by atoms with Crippen molar-refractivity contribution in [2.24, 2.45) is 10.7 Å². The maximum absolute atomic E-state index is 13.5. The SMILES string of the molecule is CCCCNC(N)=NCCCc1ccc(Br)cc1F. The third-order valence-electron chi connectivity index (χ3n) is 2.74. The van der Waals surface area contributed by atoms with Crippen molar-refractivity contribution in [1.29, 1.82) is 0 Å². The van der Waals surface area contributed by atoms with E-state index in [9.17, 15) is 4.39 Å². The predicted octanol–water partition coefficient (Wildman–Crippen LogP) is 3.23. The zero-order valence-corrected chi connectivity index (χ0v) is 12.8. The van der Waals surface area contributed by atoms with Gasteiger partial charge in [-0.1, -0.05) is 35.3 Å². The van der Waals surface area contributed by atoms with Gasteiger partial charge in [0.1, 0.15) is 5.82 Å². The van der Waals surface area contributed by atoms with Crippen LogP contribution in [0, 0.1) is 5.82 Å². The molecule has 0 bridgehead atoms. The second-order valence-corrected chi connectivity index (χ2v) is 5.30. The summed E-state index contributed by atoms with van der Waals surface area (Å²) < 4.78 is 14.3. The second kappa shape index (κ2) is 8.91. The number of halogens is 2. The van der Waals surface area contributed by atoms with Crippen LogP contribution in [0.4, 0.5) is 4.39 Å². The number of nitrogens with one attached hydrogen (secondary N) is 1. The molecule has 1 aromatic rings. The Morgan fingerprint density at radius 2 is 2.21 bits per heavy atom. The molecule has 0 fully saturated rings. The number of hydrogen-bond acceptors (Lipinski definition) is 1. The lowest BCUT2D eigenvalue weighted by Crippen LogP contribution is -2.32. The number of hydrogen-bond donors (Lipinski definition) is 2. The zero-order valence-electron chi connectivity index (χ0n) is 11.3. The van der Waals surface area contributed by atoms with E-state index in [4.69, 9.17) is 5.73 Å². The highest BCUT2D eigenvalue weighted by Gasteiger charge is 2.02. The summed E-state index contributed by atoms with van der Waals surface area (Å²) in [5.41, 5.74) is 6.42. The Kier molecular flexibility index (Phi) is 7.48. The normalized spacial score (nSPS) is 11.6. The summed E-state index contributed by atoms with van der Waals surface area (Å²) in [4.78, 5) is 4.21. The van der Waals surface area contributed by atoms with Gasteiger partial charge >= 0.3 is 0 Å². The van der Waals surface area contributed by atoms with Gasteiger partial charge in [-0.15, -0.1) is 0 Å². The highest BCUT2D eigenvalue weighted by atomic mass is 79.9. The van der Waals surface area contributed by atoms with Gasteiger partial charge in [-0.05, 0) is 37.0 Å². The number of benzene rings is 1. The summed E-state index contributed by atoms with van der Waals surface area (Å²) in [6.45, 7) is 3.59. The second-order valence-electron chi connectivity index (χ2n) is 4.39. The van der Waals surface area contributed by atoms with Gasteiger partial charge in [0.15, 0.2) is 5.96 Å². The number of aliphatic imine (C=N–C) groups is 1. The first-order valence-corrected chi connectivity index (χ1v) is 7.40. The van der Waals surface area contributed by atoms with Crippen LogP contribution in [0.25, 0.3) is 0 Å². The van der Waals surface area contributed by atoms with Crippen LogP contribution in [-0.2, 0) is 6.42 Å². The molecule has 5 heteroatoms. The number of aryl methyl sites for hydroxylation is 1. The average Bonchev–Trinajstić information content (AvgIpc) is 2.37. The molecular weight excluding hydrogens is 309 g/mol.